The monoisotopic (exact) mass is 258 g/mol. The molecule has 0 fully saturated rings. The lowest BCUT2D eigenvalue weighted by molar-refractivity contribution is 0.224. The molecule has 1 nitrogen and oxygen atoms in total. The summed E-state index contributed by atoms with van der Waals surface area (Å²) in [6.07, 6.45) is 3.20. The first-order valence-electron chi connectivity index (χ1n) is 6.51. The van der Waals surface area contributed by atoms with Crippen LogP contribution in [0.5, 0.6) is 0 Å². The minimum Gasteiger partial charge on any atom is -0.383 e. The molecule has 0 spiro atoms. The maximum Gasteiger partial charge on any atom is 0.113 e. The largest absolute Gasteiger partial charge is 0.383 e. The Morgan fingerprint density at radius 2 is 1.78 bits per heavy atom. The van der Waals surface area contributed by atoms with Crippen molar-refractivity contribution in [2.45, 2.75) is 39.2 Å². The first-order chi connectivity index (χ1) is 8.63. The van der Waals surface area contributed by atoms with Crippen molar-refractivity contribution in [3.05, 3.63) is 56.3 Å². The normalized spacial score (nSPS) is 15.7. The molecule has 1 aromatic heterocycles. The molecule has 0 radical (unpaired) electrons. The van der Waals surface area contributed by atoms with Gasteiger partial charge in [-0.2, -0.15) is 0 Å². The summed E-state index contributed by atoms with van der Waals surface area (Å²) in [6.45, 7) is 4.16. The molecule has 3 rings (SSSR count). The van der Waals surface area contributed by atoms with Crippen molar-refractivity contribution in [2.75, 3.05) is 0 Å². The molecule has 94 valence electrons. The molecule has 1 atom stereocenters. The van der Waals surface area contributed by atoms with Crippen LogP contribution in [0.25, 0.3) is 0 Å². The van der Waals surface area contributed by atoms with Gasteiger partial charge < -0.3 is 5.11 Å². The zero-order valence-electron chi connectivity index (χ0n) is 10.9. The Hall–Kier alpha value is -1.12. The van der Waals surface area contributed by atoms with E-state index >= 15 is 0 Å². The van der Waals surface area contributed by atoms with Crippen LogP contribution in [0.3, 0.4) is 0 Å². The molecule has 1 N–H and O–H groups in total. The Balaban J connectivity index is 1.95. The molecule has 2 heteroatoms. The van der Waals surface area contributed by atoms with Gasteiger partial charge in [0.1, 0.15) is 6.10 Å². The zero-order chi connectivity index (χ0) is 12.7. The highest BCUT2D eigenvalue weighted by Crippen LogP contribution is 2.36. The number of aliphatic hydroxyl groups is 1. The topological polar surface area (TPSA) is 20.2 Å². The number of thiophene rings is 1. The fourth-order valence-corrected chi connectivity index (χ4v) is 4.09. The van der Waals surface area contributed by atoms with Crippen LogP contribution in [0, 0.1) is 13.8 Å². The minimum atomic E-state index is -0.459. The Kier molecular flexibility index (Phi) is 3.00. The van der Waals surface area contributed by atoms with Crippen LogP contribution >= 0.6 is 11.3 Å². The van der Waals surface area contributed by atoms with Crippen LogP contribution < -0.4 is 0 Å². The van der Waals surface area contributed by atoms with E-state index in [1.54, 1.807) is 11.3 Å². The summed E-state index contributed by atoms with van der Waals surface area (Å²) < 4.78 is 0. The van der Waals surface area contributed by atoms with Gasteiger partial charge in [0.25, 0.3) is 0 Å². The van der Waals surface area contributed by atoms with Crippen molar-refractivity contribution >= 4 is 11.3 Å². The SMILES string of the molecule is Cc1cc(C)cc(C(O)c2cc3c(s2)CCC3)c1. The quantitative estimate of drug-likeness (QED) is 0.865. The fourth-order valence-electron chi connectivity index (χ4n) is 2.82. The van der Waals surface area contributed by atoms with Crippen LogP contribution in [0.2, 0.25) is 0 Å². The van der Waals surface area contributed by atoms with Crippen LogP contribution in [0.1, 0.15) is 44.5 Å². The van der Waals surface area contributed by atoms with E-state index in [4.69, 9.17) is 0 Å². The van der Waals surface area contributed by atoms with Gasteiger partial charge >= 0.3 is 0 Å². The number of hydrogen-bond donors (Lipinski definition) is 1. The second-order valence-electron chi connectivity index (χ2n) is 5.27. The number of fused-ring (bicyclic) bond motifs is 1. The maximum absolute atomic E-state index is 10.5. The van der Waals surface area contributed by atoms with Crippen molar-refractivity contribution in [3.8, 4) is 0 Å². The number of aryl methyl sites for hydroxylation is 4. The molecule has 0 bridgehead atoms. The van der Waals surface area contributed by atoms with Crippen LogP contribution in [-0.4, -0.2) is 5.11 Å². The Labute approximate surface area is 112 Å². The summed E-state index contributed by atoms with van der Waals surface area (Å²) in [5.41, 5.74) is 4.91. The molecule has 1 unspecified atom stereocenters. The zero-order valence-corrected chi connectivity index (χ0v) is 11.7. The molecular weight excluding hydrogens is 240 g/mol. The van der Waals surface area contributed by atoms with Gasteiger partial charge in [-0.1, -0.05) is 29.3 Å². The summed E-state index contributed by atoms with van der Waals surface area (Å²) in [5.74, 6) is 0. The number of benzene rings is 1. The molecule has 1 aliphatic rings. The van der Waals surface area contributed by atoms with Crippen molar-refractivity contribution < 1.29 is 5.11 Å². The summed E-state index contributed by atoms with van der Waals surface area (Å²) in [6, 6.07) is 8.52. The van der Waals surface area contributed by atoms with Gasteiger partial charge in [0.2, 0.25) is 0 Å². The highest BCUT2D eigenvalue weighted by Gasteiger charge is 2.20. The molecule has 1 heterocycles. The second-order valence-corrected chi connectivity index (χ2v) is 6.44. The van der Waals surface area contributed by atoms with Gasteiger partial charge in [0.05, 0.1) is 0 Å². The van der Waals surface area contributed by atoms with E-state index in [1.165, 1.54) is 40.8 Å². The predicted molar refractivity (Wildman–Crippen MR) is 76.3 cm³/mol. The van der Waals surface area contributed by atoms with E-state index in [2.05, 4.69) is 38.1 Å². The summed E-state index contributed by atoms with van der Waals surface area (Å²) in [5, 5.41) is 10.5. The van der Waals surface area contributed by atoms with Gasteiger partial charge in [-0.15, -0.1) is 11.3 Å². The van der Waals surface area contributed by atoms with E-state index in [-0.39, 0.29) is 0 Å². The van der Waals surface area contributed by atoms with Crippen molar-refractivity contribution in [1.29, 1.82) is 0 Å². The standard InChI is InChI=1S/C16H18OS/c1-10-6-11(2)8-13(7-10)16(17)15-9-12-4-3-5-14(12)18-15/h6-9,16-17H,3-5H2,1-2H3. The first-order valence-corrected chi connectivity index (χ1v) is 7.33. The van der Waals surface area contributed by atoms with Gasteiger partial charge in [-0.3, -0.25) is 0 Å². The molecule has 2 aromatic rings. The van der Waals surface area contributed by atoms with Crippen molar-refractivity contribution in [2.24, 2.45) is 0 Å². The molecule has 1 aromatic carbocycles. The third kappa shape index (κ3) is 2.11. The maximum atomic E-state index is 10.5. The molecule has 0 saturated carbocycles. The lowest BCUT2D eigenvalue weighted by Gasteiger charge is -2.11. The Morgan fingerprint density at radius 3 is 2.44 bits per heavy atom. The lowest BCUT2D eigenvalue weighted by atomic mass is 10.0. The lowest BCUT2D eigenvalue weighted by Crippen LogP contribution is -1.98. The third-order valence-corrected chi connectivity index (χ3v) is 4.88. The van der Waals surface area contributed by atoms with E-state index in [1.807, 2.05) is 0 Å². The second kappa shape index (κ2) is 4.52. The summed E-state index contributed by atoms with van der Waals surface area (Å²) in [7, 11) is 0. The van der Waals surface area contributed by atoms with Crippen LogP contribution in [0.4, 0.5) is 0 Å². The number of aliphatic hydroxyl groups excluding tert-OH is 1. The smallest absolute Gasteiger partial charge is 0.113 e. The fraction of sp³-hybridized carbons (Fsp3) is 0.375. The van der Waals surface area contributed by atoms with E-state index in [9.17, 15) is 5.11 Å². The van der Waals surface area contributed by atoms with Gasteiger partial charge in [-0.05, 0) is 50.3 Å². The average molecular weight is 258 g/mol. The van der Waals surface area contributed by atoms with Crippen LogP contribution in [0.15, 0.2) is 24.3 Å². The highest BCUT2D eigenvalue weighted by molar-refractivity contribution is 7.12. The van der Waals surface area contributed by atoms with E-state index in [0.717, 1.165) is 10.4 Å². The van der Waals surface area contributed by atoms with Gasteiger partial charge in [0.15, 0.2) is 0 Å². The predicted octanol–water partition coefficient (Wildman–Crippen LogP) is 3.94. The van der Waals surface area contributed by atoms with E-state index in [0.29, 0.717) is 0 Å². The number of rotatable bonds is 2. The Morgan fingerprint density at radius 1 is 1.06 bits per heavy atom. The average Bonchev–Trinajstić information content (AvgIpc) is 2.86. The molecule has 0 aliphatic heterocycles. The molecule has 1 aliphatic carbocycles. The molecule has 18 heavy (non-hydrogen) atoms. The van der Waals surface area contributed by atoms with Gasteiger partial charge in [-0.25, -0.2) is 0 Å². The van der Waals surface area contributed by atoms with Gasteiger partial charge in [0, 0.05) is 9.75 Å². The highest BCUT2D eigenvalue weighted by atomic mass is 32.1. The minimum absolute atomic E-state index is 0.459. The molecule has 0 saturated heterocycles. The van der Waals surface area contributed by atoms with Crippen molar-refractivity contribution in [1.82, 2.24) is 0 Å². The molecular formula is C16H18OS. The van der Waals surface area contributed by atoms with E-state index < -0.39 is 6.10 Å². The molecule has 0 amide bonds. The summed E-state index contributed by atoms with van der Waals surface area (Å²) in [4.78, 5) is 2.58. The van der Waals surface area contributed by atoms with Crippen LogP contribution in [-0.2, 0) is 12.8 Å². The Bertz CT molecular complexity index is 541. The number of hydrogen-bond acceptors (Lipinski definition) is 2. The van der Waals surface area contributed by atoms with Crippen molar-refractivity contribution in [3.63, 3.8) is 0 Å². The summed E-state index contributed by atoms with van der Waals surface area (Å²) >= 11 is 1.79. The first kappa shape index (κ1) is 11.9. The third-order valence-electron chi connectivity index (χ3n) is 3.59.